The van der Waals surface area contributed by atoms with Gasteiger partial charge in [-0.1, -0.05) is 18.2 Å². The van der Waals surface area contributed by atoms with E-state index in [1.807, 2.05) is 13.8 Å². The first kappa shape index (κ1) is 22.0. The van der Waals surface area contributed by atoms with Gasteiger partial charge in [-0.15, -0.1) is 0 Å². The van der Waals surface area contributed by atoms with Gasteiger partial charge in [-0.05, 0) is 57.0 Å². The lowest BCUT2D eigenvalue weighted by Gasteiger charge is -2.20. The fourth-order valence-corrected chi connectivity index (χ4v) is 5.09. The third kappa shape index (κ3) is 4.55. The molecule has 1 heterocycles. The Morgan fingerprint density at radius 3 is 2.33 bits per heavy atom. The number of rotatable bonds is 7. The fourth-order valence-electron chi connectivity index (χ4n) is 3.53. The van der Waals surface area contributed by atoms with Gasteiger partial charge in [0.1, 0.15) is 0 Å². The summed E-state index contributed by atoms with van der Waals surface area (Å²) in [6.07, 6.45) is 1.69. The highest BCUT2D eigenvalue weighted by atomic mass is 32.2. The summed E-state index contributed by atoms with van der Waals surface area (Å²) in [5.74, 6) is -0.630. The summed E-state index contributed by atoms with van der Waals surface area (Å²) in [6.45, 7) is 5.92. The number of nitrogens with one attached hydrogen (secondary N) is 1. The van der Waals surface area contributed by atoms with Crippen LogP contribution in [0.2, 0.25) is 0 Å². The van der Waals surface area contributed by atoms with Crippen molar-refractivity contribution in [2.45, 2.75) is 31.6 Å². The van der Waals surface area contributed by atoms with Gasteiger partial charge in [-0.25, -0.2) is 8.42 Å². The Morgan fingerprint density at radius 2 is 1.67 bits per heavy atom. The van der Waals surface area contributed by atoms with Crippen molar-refractivity contribution in [1.82, 2.24) is 9.21 Å². The van der Waals surface area contributed by atoms with E-state index in [0.29, 0.717) is 37.4 Å². The number of sulfonamides is 1. The van der Waals surface area contributed by atoms with E-state index in [0.717, 1.165) is 12.8 Å². The largest absolute Gasteiger partial charge is 0.339 e. The maximum atomic E-state index is 12.9. The van der Waals surface area contributed by atoms with Crippen LogP contribution in [0, 0.1) is 0 Å². The summed E-state index contributed by atoms with van der Waals surface area (Å²) in [4.78, 5) is 27.4. The van der Waals surface area contributed by atoms with Crippen LogP contribution in [0.4, 0.5) is 5.69 Å². The molecule has 3 rings (SSSR count). The Morgan fingerprint density at radius 1 is 1.00 bits per heavy atom. The molecule has 1 N–H and O–H groups in total. The number of carbonyl (C=O) groups is 2. The third-order valence-electron chi connectivity index (χ3n) is 5.26. The first-order valence-corrected chi connectivity index (χ1v) is 11.6. The van der Waals surface area contributed by atoms with Crippen LogP contribution in [-0.2, 0) is 10.0 Å². The molecule has 30 heavy (non-hydrogen) atoms. The van der Waals surface area contributed by atoms with E-state index in [-0.39, 0.29) is 16.4 Å². The van der Waals surface area contributed by atoms with E-state index in [1.165, 1.54) is 16.4 Å². The highest BCUT2D eigenvalue weighted by Crippen LogP contribution is 2.23. The predicted molar refractivity (Wildman–Crippen MR) is 116 cm³/mol. The van der Waals surface area contributed by atoms with Crippen LogP contribution in [0.1, 0.15) is 47.4 Å². The minimum absolute atomic E-state index is 0.101. The second-order valence-electron chi connectivity index (χ2n) is 7.12. The predicted octanol–water partition coefficient (Wildman–Crippen LogP) is 3.21. The summed E-state index contributed by atoms with van der Waals surface area (Å²) in [5.41, 5.74) is 1.02. The Balaban J connectivity index is 1.85. The number of benzene rings is 2. The number of hydrogen-bond donors (Lipinski definition) is 1. The molecule has 0 aromatic heterocycles. The standard InChI is InChI=1S/C22H27N3O4S/c1-3-24(4-2)22(27)19-12-5-6-13-20(19)23-21(26)17-10-9-11-18(16-17)30(28,29)25-14-7-8-15-25/h5-6,9-13,16H,3-4,7-8,14-15H2,1-2H3,(H,23,26). The molecule has 160 valence electrons. The number of amides is 2. The molecule has 7 nitrogen and oxygen atoms in total. The van der Waals surface area contributed by atoms with Gasteiger partial charge >= 0.3 is 0 Å². The molecule has 1 fully saturated rings. The molecule has 0 bridgehead atoms. The zero-order valence-electron chi connectivity index (χ0n) is 17.3. The minimum Gasteiger partial charge on any atom is -0.339 e. The van der Waals surface area contributed by atoms with E-state index in [9.17, 15) is 18.0 Å². The molecule has 2 amide bonds. The summed E-state index contributed by atoms with van der Waals surface area (Å²) < 4.78 is 27.0. The van der Waals surface area contributed by atoms with Crippen LogP contribution >= 0.6 is 0 Å². The van der Waals surface area contributed by atoms with Gasteiger partial charge in [0.05, 0.1) is 16.1 Å². The molecule has 8 heteroatoms. The van der Waals surface area contributed by atoms with Crippen LogP contribution in [0.15, 0.2) is 53.4 Å². The van der Waals surface area contributed by atoms with E-state index in [4.69, 9.17) is 0 Å². The van der Waals surface area contributed by atoms with Crippen molar-refractivity contribution in [3.05, 3.63) is 59.7 Å². The molecule has 0 atom stereocenters. The van der Waals surface area contributed by atoms with Gasteiger partial charge in [-0.2, -0.15) is 4.31 Å². The maximum absolute atomic E-state index is 12.9. The van der Waals surface area contributed by atoms with Crippen molar-refractivity contribution in [3.8, 4) is 0 Å². The maximum Gasteiger partial charge on any atom is 0.255 e. The first-order valence-electron chi connectivity index (χ1n) is 10.2. The molecule has 1 saturated heterocycles. The van der Waals surface area contributed by atoms with Crippen molar-refractivity contribution in [2.75, 3.05) is 31.5 Å². The topological polar surface area (TPSA) is 86.8 Å². The smallest absolute Gasteiger partial charge is 0.255 e. The molecule has 2 aromatic carbocycles. The molecule has 2 aromatic rings. The van der Waals surface area contributed by atoms with Crippen molar-refractivity contribution < 1.29 is 18.0 Å². The van der Waals surface area contributed by atoms with Gasteiger partial charge in [0.15, 0.2) is 0 Å². The molecule has 1 aliphatic rings. The number of carbonyl (C=O) groups excluding carboxylic acids is 2. The monoisotopic (exact) mass is 429 g/mol. The highest BCUT2D eigenvalue weighted by molar-refractivity contribution is 7.89. The lowest BCUT2D eigenvalue weighted by molar-refractivity contribution is 0.0774. The summed E-state index contributed by atoms with van der Waals surface area (Å²) in [6, 6.07) is 12.8. The molecule has 0 radical (unpaired) electrons. The zero-order chi connectivity index (χ0) is 21.7. The zero-order valence-corrected chi connectivity index (χ0v) is 18.1. The van der Waals surface area contributed by atoms with Crippen LogP contribution in [0.3, 0.4) is 0 Å². The number of anilines is 1. The number of nitrogens with zero attached hydrogens (tertiary/aromatic N) is 2. The van der Waals surface area contributed by atoms with E-state index >= 15 is 0 Å². The lowest BCUT2D eigenvalue weighted by atomic mass is 10.1. The highest BCUT2D eigenvalue weighted by Gasteiger charge is 2.27. The second kappa shape index (κ2) is 9.40. The molecular weight excluding hydrogens is 402 g/mol. The van der Waals surface area contributed by atoms with Crippen LogP contribution in [0.25, 0.3) is 0 Å². The Hall–Kier alpha value is -2.71. The fraction of sp³-hybridized carbons (Fsp3) is 0.364. The summed E-state index contributed by atoms with van der Waals surface area (Å²) >= 11 is 0. The van der Waals surface area contributed by atoms with Crippen LogP contribution in [-0.4, -0.2) is 55.6 Å². The lowest BCUT2D eigenvalue weighted by Crippen LogP contribution is -2.31. The average molecular weight is 430 g/mol. The number of hydrogen-bond acceptors (Lipinski definition) is 4. The van der Waals surface area contributed by atoms with E-state index < -0.39 is 15.9 Å². The van der Waals surface area contributed by atoms with Crippen LogP contribution in [0.5, 0.6) is 0 Å². The van der Waals surface area contributed by atoms with E-state index in [2.05, 4.69) is 5.32 Å². The van der Waals surface area contributed by atoms with E-state index in [1.54, 1.807) is 41.3 Å². The molecule has 0 spiro atoms. The van der Waals surface area contributed by atoms with Crippen molar-refractivity contribution in [2.24, 2.45) is 0 Å². The molecule has 0 saturated carbocycles. The van der Waals surface area contributed by atoms with Gasteiger partial charge in [-0.3, -0.25) is 9.59 Å². The summed E-state index contributed by atoms with van der Waals surface area (Å²) in [7, 11) is -3.61. The van der Waals surface area contributed by atoms with Crippen molar-refractivity contribution in [3.63, 3.8) is 0 Å². The Bertz CT molecular complexity index is 1030. The SMILES string of the molecule is CCN(CC)C(=O)c1ccccc1NC(=O)c1cccc(S(=O)(=O)N2CCCC2)c1. The van der Waals surface area contributed by atoms with Gasteiger partial charge < -0.3 is 10.2 Å². The molecule has 0 aliphatic carbocycles. The molecule has 0 unspecified atom stereocenters. The van der Waals surface area contributed by atoms with Crippen LogP contribution < -0.4 is 5.32 Å². The first-order chi connectivity index (χ1) is 14.4. The van der Waals surface area contributed by atoms with Gasteiger partial charge in [0.2, 0.25) is 10.0 Å². The second-order valence-corrected chi connectivity index (χ2v) is 9.05. The van der Waals surface area contributed by atoms with Gasteiger partial charge in [0.25, 0.3) is 11.8 Å². The average Bonchev–Trinajstić information content (AvgIpc) is 3.31. The minimum atomic E-state index is -3.61. The van der Waals surface area contributed by atoms with Crippen molar-refractivity contribution in [1.29, 1.82) is 0 Å². The van der Waals surface area contributed by atoms with Crippen molar-refractivity contribution >= 4 is 27.5 Å². The Labute approximate surface area is 177 Å². The Kier molecular flexibility index (Phi) is 6.89. The molecule has 1 aliphatic heterocycles. The third-order valence-corrected chi connectivity index (χ3v) is 7.15. The van der Waals surface area contributed by atoms with Gasteiger partial charge in [0, 0.05) is 31.7 Å². The normalized spacial score (nSPS) is 14.5. The summed E-state index contributed by atoms with van der Waals surface area (Å²) in [5, 5.41) is 2.76. The molecular formula is C22H27N3O4S. The quantitative estimate of drug-likeness (QED) is 0.732. The number of para-hydroxylation sites is 1.